The van der Waals surface area contributed by atoms with Crippen molar-refractivity contribution < 1.29 is 14.4 Å². The monoisotopic (exact) mass is 489 g/mol. The van der Waals surface area contributed by atoms with Gasteiger partial charge in [0.2, 0.25) is 5.91 Å². The van der Waals surface area contributed by atoms with Gasteiger partial charge in [0, 0.05) is 25.9 Å². The number of nitrogens with two attached hydrogens (primary N) is 1. The van der Waals surface area contributed by atoms with Crippen LogP contribution in [0.15, 0.2) is 54.9 Å². The number of aryl methyl sites for hydroxylation is 2. The number of urea groups is 1. The molecule has 0 aliphatic carbocycles. The summed E-state index contributed by atoms with van der Waals surface area (Å²) in [7, 11) is 3.37. The number of benzene rings is 1. The molecule has 0 spiro atoms. The van der Waals surface area contributed by atoms with E-state index >= 15 is 0 Å². The van der Waals surface area contributed by atoms with Gasteiger partial charge in [0.1, 0.15) is 17.7 Å². The number of nitrogens with one attached hydrogen (secondary N) is 1. The molecule has 3 aromatic rings. The first kappa shape index (κ1) is 24.9. The van der Waals surface area contributed by atoms with Gasteiger partial charge in [-0.15, -0.1) is 0 Å². The molecule has 0 saturated carbocycles. The number of nitrogens with zero attached hydrogens (tertiary/aromatic N) is 5. The number of hydrogen-bond acceptors (Lipinski definition) is 6. The zero-order valence-electron chi connectivity index (χ0n) is 20.9. The summed E-state index contributed by atoms with van der Waals surface area (Å²) in [6.07, 6.45) is 4.12. The van der Waals surface area contributed by atoms with Gasteiger partial charge in [0.25, 0.3) is 5.91 Å². The topological polar surface area (TPSA) is 126 Å². The molecule has 1 aliphatic heterocycles. The summed E-state index contributed by atoms with van der Waals surface area (Å²) in [5, 5.41) is 7.15. The minimum atomic E-state index is -0.973. The van der Waals surface area contributed by atoms with Crippen molar-refractivity contribution in [3.8, 4) is 0 Å². The first-order chi connectivity index (χ1) is 17.2. The highest BCUT2D eigenvalue weighted by Crippen LogP contribution is 2.34. The van der Waals surface area contributed by atoms with Crippen LogP contribution in [0.1, 0.15) is 36.1 Å². The Bertz CT molecular complexity index is 1250. The largest absolute Gasteiger partial charge is 0.384 e. The molecular weight excluding hydrogens is 458 g/mol. The number of imide groups is 1. The van der Waals surface area contributed by atoms with Crippen LogP contribution in [0.4, 0.5) is 16.4 Å². The van der Waals surface area contributed by atoms with E-state index in [1.54, 1.807) is 43.3 Å². The Labute approximate surface area is 210 Å². The fourth-order valence-corrected chi connectivity index (χ4v) is 4.78. The van der Waals surface area contributed by atoms with E-state index in [9.17, 15) is 14.4 Å². The quantitative estimate of drug-likeness (QED) is 0.491. The highest BCUT2D eigenvalue weighted by Gasteiger charge is 2.55. The summed E-state index contributed by atoms with van der Waals surface area (Å²) in [4.78, 5) is 46.9. The van der Waals surface area contributed by atoms with Crippen LogP contribution in [-0.4, -0.2) is 50.6 Å². The Kier molecular flexibility index (Phi) is 7.05. The number of likely N-dealkylation sites (tertiary alicyclic amines) is 1. The number of β-lactam (4-membered cyclic amide) rings is 1. The molecule has 4 rings (SSSR count). The number of carbonyl (C=O) groups excluding carboxylic acids is 3. The lowest BCUT2D eigenvalue weighted by Crippen LogP contribution is -2.70. The van der Waals surface area contributed by atoms with Crippen LogP contribution in [0.5, 0.6) is 0 Å². The third-order valence-corrected chi connectivity index (χ3v) is 6.63. The lowest BCUT2D eigenvalue weighted by Gasteiger charge is -2.46. The number of nitrogen functional groups attached to an aromatic ring is 1. The van der Waals surface area contributed by atoms with Crippen LogP contribution in [0.3, 0.4) is 0 Å². The van der Waals surface area contributed by atoms with E-state index in [0.717, 1.165) is 21.6 Å². The zero-order chi connectivity index (χ0) is 26.0. The van der Waals surface area contributed by atoms with Crippen molar-refractivity contribution in [1.29, 1.82) is 0 Å². The van der Waals surface area contributed by atoms with Crippen molar-refractivity contribution in [3.63, 3.8) is 0 Å². The van der Waals surface area contributed by atoms with Gasteiger partial charge in [0.15, 0.2) is 0 Å². The predicted octanol–water partition coefficient (Wildman–Crippen LogP) is 2.60. The number of aromatic nitrogens is 3. The molecule has 4 amide bonds. The molecular formula is C26H31N7O3. The molecule has 0 bridgehead atoms. The van der Waals surface area contributed by atoms with Crippen LogP contribution < -0.4 is 16.0 Å². The molecule has 3 heterocycles. The molecule has 1 aliphatic rings. The van der Waals surface area contributed by atoms with Crippen LogP contribution in [0.2, 0.25) is 0 Å². The van der Waals surface area contributed by atoms with Gasteiger partial charge >= 0.3 is 6.03 Å². The highest BCUT2D eigenvalue weighted by atomic mass is 16.2. The second-order valence-corrected chi connectivity index (χ2v) is 9.05. The average molecular weight is 490 g/mol. The van der Waals surface area contributed by atoms with E-state index in [1.165, 1.54) is 4.90 Å². The van der Waals surface area contributed by atoms with Crippen LogP contribution in [0, 0.1) is 12.8 Å². The minimum absolute atomic E-state index is 0.264. The smallest absolute Gasteiger partial charge is 0.325 e. The van der Waals surface area contributed by atoms with E-state index < -0.39 is 23.9 Å². The van der Waals surface area contributed by atoms with Gasteiger partial charge in [-0.25, -0.2) is 9.78 Å². The molecule has 1 fully saturated rings. The van der Waals surface area contributed by atoms with E-state index in [2.05, 4.69) is 15.4 Å². The van der Waals surface area contributed by atoms with Crippen molar-refractivity contribution in [2.75, 3.05) is 17.7 Å². The Morgan fingerprint density at radius 2 is 1.94 bits per heavy atom. The van der Waals surface area contributed by atoms with Gasteiger partial charge < -0.3 is 11.1 Å². The van der Waals surface area contributed by atoms with Crippen molar-refractivity contribution in [2.24, 2.45) is 13.0 Å². The second-order valence-electron chi connectivity index (χ2n) is 9.05. The number of rotatable bonds is 7. The Balaban J connectivity index is 1.62. The van der Waals surface area contributed by atoms with Gasteiger partial charge in [-0.3, -0.25) is 24.1 Å². The molecule has 10 nitrogen and oxygen atoms in total. The number of hydrogen-bond donors (Lipinski definition) is 2. The fraction of sp³-hybridized carbons (Fsp3) is 0.346. The van der Waals surface area contributed by atoms with Crippen molar-refractivity contribution in [3.05, 3.63) is 71.5 Å². The van der Waals surface area contributed by atoms with E-state index in [4.69, 9.17) is 5.73 Å². The second kappa shape index (κ2) is 10.2. The molecule has 36 heavy (non-hydrogen) atoms. The van der Waals surface area contributed by atoms with Crippen LogP contribution >= 0.6 is 0 Å². The third-order valence-electron chi connectivity index (χ3n) is 6.63. The summed E-state index contributed by atoms with van der Waals surface area (Å²) in [5.41, 5.74) is 8.32. The average Bonchev–Trinajstić information content (AvgIpc) is 3.21. The van der Waals surface area contributed by atoms with Crippen LogP contribution in [-0.2, 0) is 23.1 Å². The fourth-order valence-electron chi connectivity index (χ4n) is 4.78. The van der Waals surface area contributed by atoms with Gasteiger partial charge in [-0.05, 0) is 43.0 Å². The number of amides is 4. The molecule has 3 atom stereocenters. The Hall–Kier alpha value is -4.21. The summed E-state index contributed by atoms with van der Waals surface area (Å²) in [6.45, 7) is 3.81. The van der Waals surface area contributed by atoms with E-state index in [-0.39, 0.29) is 18.4 Å². The molecule has 1 aromatic carbocycles. The van der Waals surface area contributed by atoms with Crippen molar-refractivity contribution in [2.45, 2.75) is 38.8 Å². The Morgan fingerprint density at radius 1 is 1.22 bits per heavy atom. The van der Waals surface area contributed by atoms with Crippen molar-refractivity contribution in [1.82, 2.24) is 25.0 Å². The molecule has 188 valence electrons. The zero-order valence-corrected chi connectivity index (χ0v) is 20.9. The SMILES string of the molecule is CCC(NC(=O)N1C(=O)[C@H](Cc2ccnc(N)c2)[C@H]1C(=O)N(C)c1c(C)cnn1C)c1ccccc1. The molecule has 3 N–H and O–H groups in total. The van der Waals surface area contributed by atoms with Gasteiger partial charge in [-0.1, -0.05) is 37.3 Å². The van der Waals surface area contributed by atoms with E-state index in [0.29, 0.717) is 18.1 Å². The highest BCUT2D eigenvalue weighted by molar-refractivity contribution is 6.12. The molecule has 0 radical (unpaired) electrons. The number of pyridine rings is 1. The number of likely N-dealkylation sites (N-methyl/N-ethyl adjacent to an activating group) is 1. The van der Waals surface area contributed by atoms with Crippen molar-refractivity contribution >= 4 is 29.5 Å². The minimum Gasteiger partial charge on any atom is -0.384 e. The molecule has 10 heteroatoms. The normalized spacial score (nSPS) is 17.9. The molecule has 1 unspecified atom stereocenters. The number of anilines is 2. The predicted molar refractivity (Wildman–Crippen MR) is 136 cm³/mol. The van der Waals surface area contributed by atoms with Gasteiger partial charge in [0.05, 0.1) is 18.2 Å². The first-order valence-corrected chi connectivity index (χ1v) is 11.9. The maximum Gasteiger partial charge on any atom is 0.325 e. The van der Waals surface area contributed by atoms with Gasteiger partial charge in [-0.2, -0.15) is 5.10 Å². The summed E-state index contributed by atoms with van der Waals surface area (Å²) < 4.78 is 1.60. The maximum atomic E-state index is 13.8. The summed E-state index contributed by atoms with van der Waals surface area (Å²) >= 11 is 0. The molecule has 2 aromatic heterocycles. The lowest BCUT2D eigenvalue weighted by atomic mass is 9.81. The number of carbonyl (C=O) groups is 3. The maximum absolute atomic E-state index is 13.8. The standard InChI is InChI=1S/C26H31N7O3/c1-5-20(18-9-7-6-8-10-18)30-26(36)33-22(25(35)31(3)23-16(2)15-29-32(23)4)19(24(33)34)13-17-11-12-28-21(27)14-17/h6-12,14-15,19-20,22H,5,13H2,1-4H3,(H2,27,28)(H,30,36)/t19-,20?,22+/m1/s1. The summed E-state index contributed by atoms with van der Waals surface area (Å²) in [5.74, 6) is -0.552. The van der Waals surface area contributed by atoms with Crippen LogP contribution in [0.25, 0.3) is 0 Å². The first-order valence-electron chi connectivity index (χ1n) is 11.9. The summed E-state index contributed by atoms with van der Waals surface area (Å²) in [6, 6.07) is 11.1. The molecule has 1 saturated heterocycles. The van der Waals surface area contributed by atoms with E-state index in [1.807, 2.05) is 44.2 Å². The Morgan fingerprint density at radius 3 is 2.56 bits per heavy atom. The third kappa shape index (κ3) is 4.66. The lowest BCUT2D eigenvalue weighted by molar-refractivity contribution is -0.156.